The quantitative estimate of drug-likeness (QED) is 0.654. The van der Waals surface area contributed by atoms with Gasteiger partial charge in [-0.15, -0.1) is 0 Å². The maximum Gasteiger partial charge on any atom is 0.225 e. The highest BCUT2D eigenvalue weighted by Gasteiger charge is 2.10. The van der Waals surface area contributed by atoms with Crippen molar-refractivity contribution >= 4 is 11.6 Å². The van der Waals surface area contributed by atoms with Crippen LogP contribution in [0.3, 0.4) is 0 Å². The van der Waals surface area contributed by atoms with E-state index in [2.05, 4.69) is 15.5 Å². The van der Waals surface area contributed by atoms with E-state index in [1.807, 2.05) is 0 Å². The fourth-order valence-electron chi connectivity index (χ4n) is 2.53. The average molecular weight is 337 g/mol. The topological polar surface area (TPSA) is 72.1 Å². The number of rotatable bonds is 9. The molecule has 1 heterocycles. The van der Waals surface area contributed by atoms with E-state index >= 15 is 0 Å². The summed E-state index contributed by atoms with van der Waals surface area (Å²) in [5.41, 5.74) is 0.700. The normalized spacial score (nSPS) is 15.1. The van der Waals surface area contributed by atoms with Gasteiger partial charge < -0.3 is 24.8 Å². The van der Waals surface area contributed by atoms with Crippen molar-refractivity contribution in [3.63, 3.8) is 0 Å². The first-order valence-corrected chi connectivity index (χ1v) is 8.25. The van der Waals surface area contributed by atoms with Crippen LogP contribution in [0.25, 0.3) is 0 Å². The number of carbonyl (C=O) groups excluding carboxylic acids is 1. The van der Waals surface area contributed by atoms with Crippen molar-refractivity contribution in [2.75, 3.05) is 65.5 Å². The molecular formula is C17H27N3O4. The SMILES string of the molecule is COc1ccc(NC(=O)CCNCCN2CCOCC2)cc1OC. The van der Waals surface area contributed by atoms with Crippen molar-refractivity contribution in [3.8, 4) is 11.5 Å². The highest BCUT2D eigenvalue weighted by molar-refractivity contribution is 5.91. The maximum absolute atomic E-state index is 12.0. The molecule has 7 heteroatoms. The van der Waals surface area contributed by atoms with Gasteiger partial charge in [-0.3, -0.25) is 9.69 Å². The van der Waals surface area contributed by atoms with Crippen LogP contribution in [0.15, 0.2) is 18.2 Å². The Balaban J connectivity index is 1.64. The lowest BCUT2D eigenvalue weighted by atomic mass is 10.2. The number of carbonyl (C=O) groups is 1. The fraction of sp³-hybridized carbons (Fsp3) is 0.588. The van der Waals surface area contributed by atoms with E-state index in [-0.39, 0.29) is 5.91 Å². The van der Waals surface area contributed by atoms with Crippen molar-refractivity contribution in [1.29, 1.82) is 0 Å². The Hall–Kier alpha value is -1.83. The molecule has 2 N–H and O–H groups in total. The highest BCUT2D eigenvalue weighted by Crippen LogP contribution is 2.29. The second-order valence-electron chi connectivity index (χ2n) is 5.57. The standard InChI is InChI=1S/C17H27N3O4/c1-22-15-4-3-14(13-16(15)23-2)19-17(21)5-6-18-7-8-20-9-11-24-12-10-20/h3-4,13,18H,5-12H2,1-2H3,(H,19,21). The van der Waals surface area contributed by atoms with Crippen molar-refractivity contribution in [3.05, 3.63) is 18.2 Å². The summed E-state index contributed by atoms with van der Waals surface area (Å²) in [6.07, 6.45) is 0.428. The lowest BCUT2D eigenvalue weighted by molar-refractivity contribution is -0.116. The summed E-state index contributed by atoms with van der Waals surface area (Å²) in [5.74, 6) is 1.21. The Morgan fingerprint density at radius 1 is 1.17 bits per heavy atom. The number of anilines is 1. The largest absolute Gasteiger partial charge is 0.493 e. The van der Waals surface area contributed by atoms with Gasteiger partial charge in [-0.05, 0) is 12.1 Å². The van der Waals surface area contributed by atoms with Crippen LogP contribution in [0.4, 0.5) is 5.69 Å². The van der Waals surface area contributed by atoms with Crippen molar-refractivity contribution in [1.82, 2.24) is 10.2 Å². The molecule has 0 radical (unpaired) electrons. The molecule has 1 aromatic carbocycles. The number of benzene rings is 1. The summed E-state index contributed by atoms with van der Waals surface area (Å²) in [4.78, 5) is 14.3. The van der Waals surface area contributed by atoms with Gasteiger partial charge in [0.2, 0.25) is 5.91 Å². The van der Waals surface area contributed by atoms with E-state index in [1.165, 1.54) is 0 Å². The zero-order chi connectivity index (χ0) is 17.2. The lowest BCUT2D eigenvalue weighted by Crippen LogP contribution is -2.40. The summed E-state index contributed by atoms with van der Waals surface area (Å²) < 4.78 is 15.7. The van der Waals surface area contributed by atoms with Gasteiger partial charge in [-0.25, -0.2) is 0 Å². The molecule has 1 aliphatic rings. The first kappa shape index (κ1) is 18.5. The Morgan fingerprint density at radius 3 is 2.62 bits per heavy atom. The number of ether oxygens (including phenoxy) is 3. The average Bonchev–Trinajstić information content (AvgIpc) is 2.62. The summed E-state index contributed by atoms with van der Waals surface area (Å²) in [5, 5.41) is 6.17. The molecule has 0 aromatic heterocycles. The molecular weight excluding hydrogens is 310 g/mol. The van der Waals surface area contributed by atoms with Crippen LogP contribution >= 0.6 is 0 Å². The lowest BCUT2D eigenvalue weighted by Gasteiger charge is -2.26. The van der Waals surface area contributed by atoms with Gasteiger partial charge in [-0.2, -0.15) is 0 Å². The molecule has 0 unspecified atom stereocenters. The van der Waals surface area contributed by atoms with Crippen LogP contribution in [-0.2, 0) is 9.53 Å². The van der Waals surface area contributed by atoms with Gasteiger partial charge in [0.15, 0.2) is 11.5 Å². The summed E-state index contributed by atoms with van der Waals surface area (Å²) in [6.45, 7) is 6.12. The first-order valence-electron chi connectivity index (χ1n) is 8.25. The van der Waals surface area contributed by atoms with E-state index in [9.17, 15) is 4.79 Å². The van der Waals surface area contributed by atoms with Crippen molar-refractivity contribution in [2.45, 2.75) is 6.42 Å². The van der Waals surface area contributed by atoms with Gasteiger partial charge in [0, 0.05) is 50.9 Å². The molecule has 0 spiro atoms. The number of methoxy groups -OCH3 is 2. The third-order valence-corrected chi connectivity index (χ3v) is 3.90. The van der Waals surface area contributed by atoms with Gasteiger partial charge in [0.05, 0.1) is 27.4 Å². The van der Waals surface area contributed by atoms with E-state index in [1.54, 1.807) is 32.4 Å². The maximum atomic E-state index is 12.0. The van der Waals surface area contributed by atoms with Crippen LogP contribution in [0, 0.1) is 0 Å². The third kappa shape index (κ3) is 5.99. The van der Waals surface area contributed by atoms with Crippen LogP contribution in [0.5, 0.6) is 11.5 Å². The first-order chi connectivity index (χ1) is 11.7. The van der Waals surface area contributed by atoms with Gasteiger partial charge in [0.25, 0.3) is 0 Å². The zero-order valence-corrected chi connectivity index (χ0v) is 14.5. The van der Waals surface area contributed by atoms with Crippen molar-refractivity contribution < 1.29 is 19.0 Å². The van der Waals surface area contributed by atoms with Crippen LogP contribution in [-0.4, -0.2) is 71.0 Å². The van der Waals surface area contributed by atoms with E-state index in [4.69, 9.17) is 14.2 Å². The zero-order valence-electron chi connectivity index (χ0n) is 14.5. The summed E-state index contributed by atoms with van der Waals surface area (Å²) in [7, 11) is 3.15. The van der Waals surface area contributed by atoms with Crippen LogP contribution in [0.1, 0.15) is 6.42 Å². The highest BCUT2D eigenvalue weighted by atomic mass is 16.5. The van der Waals surface area contributed by atoms with Crippen LogP contribution < -0.4 is 20.1 Å². The summed E-state index contributed by atoms with van der Waals surface area (Å²) >= 11 is 0. The number of morpholine rings is 1. The number of hydrogen-bond acceptors (Lipinski definition) is 6. The molecule has 1 aliphatic heterocycles. The molecule has 1 amide bonds. The molecule has 0 aliphatic carbocycles. The van der Waals surface area contributed by atoms with E-state index in [0.717, 1.165) is 39.4 Å². The van der Waals surface area contributed by atoms with Gasteiger partial charge in [0.1, 0.15) is 0 Å². The predicted molar refractivity (Wildman–Crippen MR) is 92.9 cm³/mol. The van der Waals surface area contributed by atoms with E-state index in [0.29, 0.717) is 30.2 Å². The number of nitrogens with one attached hydrogen (secondary N) is 2. The third-order valence-electron chi connectivity index (χ3n) is 3.90. The Kier molecular flexibility index (Phi) is 7.81. The molecule has 1 saturated heterocycles. The number of hydrogen-bond donors (Lipinski definition) is 2. The number of nitrogens with zero attached hydrogens (tertiary/aromatic N) is 1. The Morgan fingerprint density at radius 2 is 1.92 bits per heavy atom. The number of amides is 1. The minimum Gasteiger partial charge on any atom is -0.493 e. The molecule has 24 heavy (non-hydrogen) atoms. The van der Waals surface area contributed by atoms with E-state index < -0.39 is 0 Å². The minimum absolute atomic E-state index is 0.0268. The predicted octanol–water partition coefficient (Wildman–Crippen LogP) is 0.954. The molecule has 0 saturated carbocycles. The van der Waals surface area contributed by atoms with Crippen molar-refractivity contribution in [2.24, 2.45) is 0 Å². The smallest absolute Gasteiger partial charge is 0.225 e. The Bertz CT molecular complexity index is 519. The molecule has 2 rings (SSSR count). The second kappa shape index (κ2) is 10.1. The monoisotopic (exact) mass is 337 g/mol. The molecule has 134 valence electrons. The minimum atomic E-state index is -0.0268. The molecule has 0 bridgehead atoms. The summed E-state index contributed by atoms with van der Waals surface area (Å²) in [6, 6.07) is 5.32. The van der Waals surface area contributed by atoms with Gasteiger partial charge >= 0.3 is 0 Å². The molecule has 7 nitrogen and oxygen atoms in total. The molecule has 1 aromatic rings. The molecule has 0 atom stereocenters. The Labute approximate surface area is 143 Å². The molecule has 1 fully saturated rings. The second-order valence-corrected chi connectivity index (χ2v) is 5.57. The fourth-order valence-corrected chi connectivity index (χ4v) is 2.53. The van der Waals surface area contributed by atoms with Gasteiger partial charge in [-0.1, -0.05) is 0 Å². The van der Waals surface area contributed by atoms with Crippen LogP contribution in [0.2, 0.25) is 0 Å².